The minimum atomic E-state index is -0.259. The predicted molar refractivity (Wildman–Crippen MR) is 121 cm³/mol. The van der Waals surface area contributed by atoms with E-state index < -0.39 is 0 Å². The van der Waals surface area contributed by atoms with Crippen LogP contribution < -0.4 is 0 Å². The van der Waals surface area contributed by atoms with Gasteiger partial charge in [0.15, 0.2) is 0 Å². The monoisotopic (exact) mass is 397 g/mol. The average Bonchev–Trinajstić information content (AvgIpc) is 2.69. The van der Waals surface area contributed by atoms with E-state index in [1.807, 2.05) is 37.1 Å². The van der Waals surface area contributed by atoms with Crippen LogP contribution in [-0.2, 0) is 5.41 Å². The van der Waals surface area contributed by atoms with Crippen LogP contribution in [0.2, 0.25) is 0 Å². The lowest BCUT2D eigenvalue weighted by Gasteiger charge is -2.41. The van der Waals surface area contributed by atoms with Crippen LogP contribution in [0.25, 0.3) is 0 Å². The van der Waals surface area contributed by atoms with E-state index in [0.29, 0.717) is 0 Å². The molecule has 1 heterocycles. The number of thiocarbonyl (C=S) groups is 2. The summed E-state index contributed by atoms with van der Waals surface area (Å²) in [7, 11) is 0. The third-order valence-corrected chi connectivity index (χ3v) is 6.91. The van der Waals surface area contributed by atoms with Crippen LogP contribution in [-0.4, -0.2) is 20.5 Å². The number of nitrogens with zero attached hydrogens (tertiary/aromatic N) is 1. The van der Waals surface area contributed by atoms with Gasteiger partial charge in [-0.3, -0.25) is 4.98 Å². The van der Waals surface area contributed by atoms with Crippen molar-refractivity contribution in [3.8, 4) is 0 Å². The lowest BCUT2D eigenvalue weighted by molar-refractivity contribution is 0.483. The summed E-state index contributed by atoms with van der Waals surface area (Å²) in [6, 6.07) is 14.7. The maximum atomic E-state index is 5.90. The topological polar surface area (TPSA) is 12.9 Å². The van der Waals surface area contributed by atoms with Gasteiger partial charge >= 0.3 is 0 Å². The van der Waals surface area contributed by atoms with E-state index >= 15 is 0 Å². The van der Waals surface area contributed by atoms with Crippen LogP contribution >= 0.6 is 36.2 Å². The van der Waals surface area contributed by atoms with Crippen molar-refractivity contribution in [2.45, 2.75) is 42.9 Å². The quantitative estimate of drug-likeness (QED) is 0.319. The van der Waals surface area contributed by atoms with Crippen molar-refractivity contribution in [2.24, 2.45) is 0 Å². The van der Waals surface area contributed by atoms with Crippen molar-refractivity contribution in [1.82, 2.24) is 4.98 Å². The first-order valence-corrected chi connectivity index (χ1v) is 10.8. The Kier molecular flexibility index (Phi) is 6.74. The number of hydrogen-bond donors (Lipinski definition) is 0. The first-order valence-electron chi connectivity index (χ1n) is 8.98. The van der Waals surface area contributed by atoms with Crippen LogP contribution in [0.1, 0.15) is 38.2 Å². The van der Waals surface area contributed by atoms with Gasteiger partial charge in [-0.1, -0.05) is 66.8 Å². The van der Waals surface area contributed by atoms with E-state index in [1.54, 1.807) is 0 Å². The Morgan fingerprint density at radius 3 is 2.65 bits per heavy atom. The molecule has 1 aliphatic rings. The van der Waals surface area contributed by atoms with E-state index in [0.717, 1.165) is 28.3 Å². The van der Waals surface area contributed by atoms with Crippen LogP contribution in [0.15, 0.2) is 71.4 Å². The zero-order valence-corrected chi connectivity index (χ0v) is 17.4. The molecule has 3 rings (SSSR count). The average molecular weight is 398 g/mol. The molecule has 1 aliphatic carbocycles. The zero-order valence-electron chi connectivity index (χ0n) is 15.0. The lowest BCUT2D eigenvalue weighted by Crippen LogP contribution is -2.42. The zero-order chi connectivity index (χ0) is 18.4. The van der Waals surface area contributed by atoms with Gasteiger partial charge in [0.25, 0.3) is 0 Å². The molecule has 1 saturated carbocycles. The maximum Gasteiger partial charge on any atom is 0.0539 e. The molecule has 1 nitrogen and oxygen atoms in total. The molecule has 1 unspecified atom stereocenters. The van der Waals surface area contributed by atoms with Gasteiger partial charge in [0.2, 0.25) is 0 Å². The molecule has 1 aromatic carbocycles. The molecular weight excluding hydrogens is 374 g/mol. The Balaban J connectivity index is 1.95. The highest BCUT2D eigenvalue weighted by Gasteiger charge is 2.42. The molecule has 1 atom stereocenters. The SMILES string of the molecule is CC(=S)C(=S)C1(c2cccnc2)CCCCC1=CCSc1ccccc1. The maximum absolute atomic E-state index is 5.90. The molecule has 0 spiro atoms. The standard InChI is InChI=1S/C22H23NS3/c1-17(24)21(25)22(19-9-7-14-23-16-19)13-6-5-8-18(22)12-15-26-20-10-3-2-4-11-20/h2-4,7,9-12,14,16H,5-6,8,13,15H2,1H3. The normalized spacial score (nSPS) is 21.5. The molecular formula is C22H23NS3. The van der Waals surface area contributed by atoms with Crippen LogP contribution in [0.4, 0.5) is 0 Å². The largest absolute Gasteiger partial charge is 0.264 e. The Labute approximate surface area is 171 Å². The third-order valence-electron chi connectivity index (χ3n) is 4.98. The minimum absolute atomic E-state index is 0.259. The molecule has 0 aliphatic heterocycles. The summed E-state index contributed by atoms with van der Waals surface area (Å²) in [5.74, 6) is 0.945. The first kappa shape index (κ1) is 19.4. The third kappa shape index (κ3) is 4.13. The first-order chi connectivity index (χ1) is 12.6. The fourth-order valence-corrected chi connectivity index (χ4v) is 5.10. The molecule has 1 fully saturated rings. The molecule has 26 heavy (non-hydrogen) atoms. The highest BCUT2D eigenvalue weighted by atomic mass is 32.2. The van der Waals surface area contributed by atoms with E-state index in [9.17, 15) is 0 Å². The summed E-state index contributed by atoms with van der Waals surface area (Å²) in [6.07, 6.45) is 10.6. The van der Waals surface area contributed by atoms with Crippen molar-refractivity contribution in [3.63, 3.8) is 0 Å². The van der Waals surface area contributed by atoms with Crippen molar-refractivity contribution in [2.75, 3.05) is 5.75 Å². The van der Waals surface area contributed by atoms with Gasteiger partial charge in [-0.25, -0.2) is 0 Å². The highest BCUT2D eigenvalue weighted by Crippen LogP contribution is 2.45. The second-order valence-electron chi connectivity index (χ2n) is 6.59. The van der Waals surface area contributed by atoms with Crippen molar-refractivity contribution in [1.29, 1.82) is 0 Å². The van der Waals surface area contributed by atoms with E-state index in [-0.39, 0.29) is 5.41 Å². The molecule has 0 radical (unpaired) electrons. The molecule has 0 saturated heterocycles. The number of thioether (sulfide) groups is 1. The molecule has 0 amide bonds. The summed E-state index contributed by atoms with van der Waals surface area (Å²) < 4.78 is 0. The van der Waals surface area contributed by atoms with E-state index in [4.69, 9.17) is 24.4 Å². The fraction of sp³-hybridized carbons (Fsp3) is 0.318. The number of hydrogen-bond acceptors (Lipinski definition) is 4. The molecule has 134 valence electrons. The smallest absolute Gasteiger partial charge is 0.0539 e. The summed E-state index contributed by atoms with van der Waals surface area (Å²) in [5.41, 5.74) is 2.34. The van der Waals surface area contributed by atoms with Gasteiger partial charge in [-0.05, 0) is 49.9 Å². The summed E-state index contributed by atoms with van der Waals surface area (Å²) in [4.78, 5) is 7.39. The van der Waals surface area contributed by atoms with Gasteiger partial charge in [-0.15, -0.1) is 11.8 Å². The lowest BCUT2D eigenvalue weighted by atomic mass is 9.64. The van der Waals surface area contributed by atoms with E-state index in [1.165, 1.54) is 28.9 Å². The number of aromatic nitrogens is 1. The number of pyridine rings is 1. The summed E-state index contributed by atoms with van der Waals surface area (Å²) in [5, 5.41) is 0. The number of benzene rings is 1. The Hall–Kier alpha value is -1.36. The summed E-state index contributed by atoms with van der Waals surface area (Å²) >= 11 is 13.3. The van der Waals surface area contributed by atoms with Gasteiger partial charge in [0.1, 0.15) is 0 Å². The minimum Gasteiger partial charge on any atom is -0.264 e. The second-order valence-corrected chi connectivity index (χ2v) is 8.71. The van der Waals surface area contributed by atoms with Gasteiger partial charge in [0.05, 0.1) is 5.41 Å². The Bertz CT molecular complexity index is 799. The molecule has 0 bridgehead atoms. The van der Waals surface area contributed by atoms with Crippen molar-refractivity contribution in [3.05, 3.63) is 72.1 Å². The Morgan fingerprint density at radius 2 is 1.96 bits per heavy atom. The van der Waals surface area contributed by atoms with E-state index in [2.05, 4.69) is 47.5 Å². The van der Waals surface area contributed by atoms with Crippen molar-refractivity contribution < 1.29 is 0 Å². The van der Waals surface area contributed by atoms with Gasteiger partial charge in [0, 0.05) is 32.8 Å². The van der Waals surface area contributed by atoms with Crippen LogP contribution in [0.5, 0.6) is 0 Å². The Morgan fingerprint density at radius 1 is 1.15 bits per heavy atom. The molecule has 1 aromatic heterocycles. The van der Waals surface area contributed by atoms with Crippen LogP contribution in [0.3, 0.4) is 0 Å². The molecule has 0 N–H and O–H groups in total. The predicted octanol–water partition coefficient (Wildman–Crippen LogP) is 6.37. The number of allylic oxidation sites excluding steroid dienone is 1. The second kappa shape index (κ2) is 9.03. The number of rotatable bonds is 6. The molecule has 2 aromatic rings. The van der Waals surface area contributed by atoms with Crippen molar-refractivity contribution >= 4 is 45.9 Å². The fourth-order valence-electron chi connectivity index (χ4n) is 3.75. The van der Waals surface area contributed by atoms with Crippen LogP contribution in [0, 0.1) is 0 Å². The summed E-state index contributed by atoms with van der Waals surface area (Å²) in [6.45, 7) is 1.96. The molecule has 4 heteroatoms. The highest BCUT2D eigenvalue weighted by molar-refractivity contribution is 7.99. The van der Waals surface area contributed by atoms with Gasteiger partial charge < -0.3 is 0 Å². The van der Waals surface area contributed by atoms with Gasteiger partial charge in [-0.2, -0.15) is 0 Å².